The van der Waals surface area contributed by atoms with Gasteiger partial charge in [-0.2, -0.15) is 0 Å². The third kappa shape index (κ3) is 9.13. The van der Waals surface area contributed by atoms with Crippen LogP contribution in [0, 0.1) is 0 Å². The number of aliphatic carboxylic acids is 1. The van der Waals surface area contributed by atoms with Gasteiger partial charge in [-0.25, -0.2) is 14.4 Å². The Balaban J connectivity index is 1.40. The Morgan fingerprint density at radius 3 is 1.78 bits per heavy atom. The van der Waals surface area contributed by atoms with E-state index >= 15 is 0 Å². The first-order chi connectivity index (χ1) is 18.0. The van der Waals surface area contributed by atoms with Crippen LogP contribution in [-0.4, -0.2) is 29.6 Å². The molecule has 0 fully saturated rings. The van der Waals surface area contributed by atoms with Crippen molar-refractivity contribution in [1.82, 2.24) is 0 Å². The van der Waals surface area contributed by atoms with Gasteiger partial charge >= 0.3 is 17.9 Å². The van der Waals surface area contributed by atoms with Crippen LogP contribution in [0.15, 0.2) is 77.6 Å². The molecule has 37 heavy (non-hydrogen) atoms. The minimum absolute atomic E-state index is 0.00566. The average Bonchev–Trinajstić information content (AvgIpc) is 3.40. The van der Waals surface area contributed by atoms with Crippen LogP contribution in [0.4, 0.5) is 0 Å². The fourth-order valence-corrected chi connectivity index (χ4v) is 3.66. The zero-order valence-corrected chi connectivity index (χ0v) is 21.0. The summed E-state index contributed by atoms with van der Waals surface area (Å²) >= 11 is 0. The molecule has 1 aliphatic rings. The summed E-state index contributed by atoms with van der Waals surface area (Å²) in [6.45, 7) is 2.89. The van der Waals surface area contributed by atoms with E-state index in [-0.39, 0.29) is 22.5 Å². The molecule has 1 aliphatic carbocycles. The lowest BCUT2D eigenvalue weighted by Crippen LogP contribution is -2.10. The summed E-state index contributed by atoms with van der Waals surface area (Å²) in [6.07, 6.45) is 12.6. The van der Waals surface area contributed by atoms with Crippen LogP contribution in [0.3, 0.4) is 0 Å². The number of ether oxygens (including phenoxy) is 3. The topological polar surface area (TPSA) is 99.1 Å². The van der Waals surface area contributed by atoms with Gasteiger partial charge in [-0.05, 0) is 67.1 Å². The summed E-state index contributed by atoms with van der Waals surface area (Å²) in [6, 6.07) is 12.8. The van der Waals surface area contributed by atoms with Crippen molar-refractivity contribution in [2.75, 3.05) is 6.61 Å². The number of carboxylic acid groups (broad SMARTS) is 1. The van der Waals surface area contributed by atoms with Crippen LogP contribution < -0.4 is 14.2 Å². The van der Waals surface area contributed by atoms with E-state index < -0.39 is 17.9 Å². The molecule has 7 nitrogen and oxygen atoms in total. The molecule has 0 atom stereocenters. The number of unbranched alkanes of at least 4 members (excludes halogenated alkanes) is 7. The molecular weight excluding hydrogens is 472 g/mol. The number of benzene rings is 2. The Bertz CT molecular complexity index is 1170. The van der Waals surface area contributed by atoms with Gasteiger partial charge in [0.1, 0.15) is 28.4 Å². The third-order valence-electron chi connectivity index (χ3n) is 5.74. The highest BCUT2D eigenvalue weighted by molar-refractivity contribution is 5.99. The van der Waals surface area contributed by atoms with E-state index in [1.807, 2.05) is 0 Å². The lowest BCUT2D eigenvalue weighted by molar-refractivity contribution is -0.132. The number of carbonyl (C=O) groups excluding carboxylic acids is 2. The maximum absolute atomic E-state index is 12.5. The van der Waals surface area contributed by atoms with Gasteiger partial charge in [0.2, 0.25) is 0 Å². The Morgan fingerprint density at radius 2 is 1.19 bits per heavy atom. The second-order valence-electron chi connectivity index (χ2n) is 8.69. The van der Waals surface area contributed by atoms with Crippen LogP contribution in [0.1, 0.15) is 68.6 Å². The first-order valence-electron chi connectivity index (χ1n) is 12.7. The van der Waals surface area contributed by atoms with Crippen molar-refractivity contribution in [2.45, 2.75) is 58.3 Å². The van der Waals surface area contributed by atoms with Gasteiger partial charge in [-0.1, -0.05) is 57.6 Å². The first-order valence-corrected chi connectivity index (χ1v) is 12.7. The number of rotatable bonds is 15. The summed E-state index contributed by atoms with van der Waals surface area (Å²) in [5.74, 6) is -1.16. The molecule has 1 N–H and O–H groups in total. The molecule has 0 heterocycles. The van der Waals surface area contributed by atoms with Gasteiger partial charge in [0.15, 0.2) is 0 Å². The van der Waals surface area contributed by atoms with Crippen LogP contribution in [-0.2, 0) is 9.59 Å². The molecule has 0 aromatic heterocycles. The van der Waals surface area contributed by atoms with Crippen molar-refractivity contribution in [1.29, 1.82) is 0 Å². The van der Waals surface area contributed by atoms with Crippen LogP contribution in [0.2, 0.25) is 0 Å². The van der Waals surface area contributed by atoms with E-state index in [0.29, 0.717) is 12.4 Å². The van der Waals surface area contributed by atoms with Crippen molar-refractivity contribution < 1.29 is 33.7 Å². The van der Waals surface area contributed by atoms with Crippen LogP contribution in [0.25, 0.3) is 0 Å². The largest absolute Gasteiger partial charge is 0.494 e. The number of carboxylic acids is 1. The van der Waals surface area contributed by atoms with E-state index in [2.05, 4.69) is 12.7 Å². The second-order valence-corrected chi connectivity index (χ2v) is 8.69. The molecule has 3 rings (SSSR count). The molecule has 0 saturated heterocycles. The highest BCUT2D eigenvalue weighted by Gasteiger charge is 2.16. The molecule has 0 amide bonds. The van der Waals surface area contributed by atoms with Crippen molar-refractivity contribution in [2.24, 2.45) is 0 Å². The quantitative estimate of drug-likeness (QED) is 0.129. The van der Waals surface area contributed by atoms with E-state index in [1.54, 1.807) is 24.3 Å². The van der Waals surface area contributed by atoms with Gasteiger partial charge in [0, 0.05) is 0 Å². The maximum Gasteiger partial charge on any atom is 0.351 e. The Labute approximate surface area is 217 Å². The molecule has 0 unspecified atom stereocenters. The summed E-state index contributed by atoms with van der Waals surface area (Å²) in [7, 11) is 0. The van der Waals surface area contributed by atoms with Crippen molar-refractivity contribution in [3.8, 4) is 17.2 Å². The number of hydrogen-bond donors (Lipinski definition) is 1. The standard InChI is InChI=1S/C30H32O7/c1-2-3-4-5-6-7-8-9-20-35-25-16-18-27(19-17-25)36-29(33)22-12-14-26(15-13-22)37-30(34)24-11-10-23(21-24)28(31)32/h10-19H,2-9,20H2,1H3,(H,31,32). The molecule has 0 bridgehead atoms. The van der Waals surface area contributed by atoms with E-state index in [9.17, 15) is 14.4 Å². The van der Waals surface area contributed by atoms with Gasteiger partial charge in [0.25, 0.3) is 0 Å². The van der Waals surface area contributed by atoms with Gasteiger partial charge in [-0.3, -0.25) is 0 Å². The van der Waals surface area contributed by atoms with Crippen molar-refractivity contribution in [3.05, 3.63) is 83.1 Å². The summed E-state index contributed by atoms with van der Waals surface area (Å²) in [5.41, 5.74) is 2.63. The summed E-state index contributed by atoms with van der Waals surface area (Å²) in [5, 5.41) is 8.92. The zero-order valence-electron chi connectivity index (χ0n) is 21.0. The Morgan fingerprint density at radius 1 is 0.676 bits per heavy atom. The van der Waals surface area contributed by atoms with Crippen LogP contribution >= 0.6 is 0 Å². The van der Waals surface area contributed by atoms with Crippen LogP contribution in [0.5, 0.6) is 17.2 Å². The van der Waals surface area contributed by atoms with E-state index in [1.165, 1.54) is 74.9 Å². The second kappa shape index (κ2) is 14.5. The third-order valence-corrected chi connectivity index (χ3v) is 5.74. The summed E-state index contributed by atoms with van der Waals surface area (Å²) in [4.78, 5) is 35.5. The van der Waals surface area contributed by atoms with Gasteiger partial charge in [0.05, 0.1) is 12.2 Å². The average molecular weight is 505 g/mol. The molecule has 0 saturated carbocycles. The molecule has 2 aromatic rings. The fraction of sp³-hybridized carbons (Fsp3) is 0.333. The van der Waals surface area contributed by atoms with E-state index in [0.717, 1.165) is 18.6 Å². The van der Waals surface area contributed by atoms with Crippen molar-refractivity contribution in [3.63, 3.8) is 0 Å². The molecule has 194 valence electrons. The monoisotopic (exact) mass is 504 g/mol. The highest BCUT2D eigenvalue weighted by atomic mass is 16.5. The normalized spacial score (nSPS) is 12.0. The Hall–Kier alpha value is -4.09. The highest BCUT2D eigenvalue weighted by Crippen LogP contribution is 2.21. The lowest BCUT2D eigenvalue weighted by Gasteiger charge is -2.08. The first kappa shape index (κ1) is 27.5. The molecule has 0 aliphatic heterocycles. The smallest absolute Gasteiger partial charge is 0.351 e. The van der Waals surface area contributed by atoms with E-state index in [4.69, 9.17) is 19.3 Å². The lowest BCUT2D eigenvalue weighted by atomic mass is 10.1. The van der Waals surface area contributed by atoms with Gasteiger partial charge in [-0.15, -0.1) is 0 Å². The maximum atomic E-state index is 12.5. The number of hydrogen-bond acceptors (Lipinski definition) is 6. The number of esters is 2. The minimum atomic E-state index is -1.18. The fourth-order valence-electron chi connectivity index (χ4n) is 3.66. The number of carbonyl (C=O) groups is 3. The van der Waals surface area contributed by atoms with Gasteiger partial charge < -0.3 is 19.3 Å². The zero-order chi connectivity index (χ0) is 26.5. The molecule has 2 aromatic carbocycles. The summed E-state index contributed by atoms with van der Waals surface area (Å²) < 4.78 is 16.4. The predicted molar refractivity (Wildman–Crippen MR) is 139 cm³/mol. The predicted octanol–water partition coefficient (Wildman–Crippen LogP) is 6.44. The SMILES string of the molecule is CCCCCCCCCCOc1ccc(OC(=O)c2ccc(OC(=O)C3=C=C(C(=O)O)C=C3)cc2)cc1. The van der Waals surface area contributed by atoms with Crippen molar-refractivity contribution >= 4 is 17.9 Å². The molecule has 7 heteroatoms. The minimum Gasteiger partial charge on any atom is -0.494 e. The molecular formula is C30H32O7. The molecule has 0 radical (unpaired) electrons. The Kier molecular flexibility index (Phi) is 10.7. The molecule has 0 spiro atoms.